The first kappa shape index (κ1) is 12.7. The Balaban J connectivity index is 1.92. The topological polar surface area (TPSA) is 25.8 Å². The minimum absolute atomic E-state index is 0.359. The van der Waals surface area contributed by atoms with Crippen molar-refractivity contribution in [1.82, 2.24) is 9.97 Å². The van der Waals surface area contributed by atoms with E-state index in [4.69, 9.17) is 0 Å². The number of fused-ring (bicyclic) bond motifs is 3. The van der Waals surface area contributed by atoms with Gasteiger partial charge in [-0.1, -0.05) is 52.3 Å². The largest absolute Gasteiger partial charge is 0.244 e. The molecule has 0 saturated carbocycles. The second-order valence-corrected chi connectivity index (χ2v) is 6.21. The van der Waals surface area contributed by atoms with Crippen LogP contribution in [0.4, 0.5) is 0 Å². The minimum Gasteiger partial charge on any atom is -0.244 e. The van der Waals surface area contributed by atoms with Crippen LogP contribution in [0, 0.1) is 0 Å². The van der Waals surface area contributed by atoms with Crippen LogP contribution >= 0.6 is 15.9 Å². The molecule has 1 aromatic heterocycles. The Morgan fingerprint density at radius 2 is 1.95 bits per heavy atom. The molecule has 0 fully saturated rings. The lowest BCUT2D eigenvalue weighted by atomic mass is 9.78. The standard InChI is InChI=1S/C18H13BrN2/c19-14-5-3-4-12(8-14)17-9-13-10-20-11-21-18(13)16-7-2-1-6-15(16)17/h1-8,10-11,17H,9H2. The van der Waals surface area contributed by atoms with Crippen molar-refractivity contribution in [2.45, 2.75) is 12.3 Å². The fourth-order valence-electron chi connectivity index (χ4n) is 3.12. The van der Waals surface area contributed by atoms with Gasteiger partial charge in [0.1, 0.15) is 6.33 Å². The zero-order valence-corrected chi connectivity index (χ0v) is 12.9. The second-order valence-electron chi connectivity index (χ2n) is 5.30. The van der Waals surface area contributed by atoms with E-state index in [1.54, 1.807) is 6.33 Å². The molecule has 3 aromatic rings. The van der Waals surface area contributed by atoms with Gasteiger partial charge in [0.25, 0.3) is 0 Å². The van der Waals surface area contributed by atoms with Crippen LogP contribution < -0.4 is 0 Å². The number of halogens is 1. The maximum atomic E-state index is 4.49. The Kier molecular flexibility index (Phi) is 3.08. The van der Waals surface area contributed by atoms with E-state index < -0.39 is 0 Å². The highest BCUT2D eigenvalue weighted by Crippen LogP contribution is 2.41. The van der Waals surface area contributed by atoms with Gasteiger partial charge in [0, 0.05) is 22.2 Å². The van der Waals surface area contributed by atoms with Gasteiger partial charge in [-0.15, -0.1) is 0 Å². The van der Waals surface area contributed by atoms with Gasteiger partial charge in [-0.05, 0) is 35.2 Å². The summed E-state index contributed by atoms with van der Waals surface area (Å²) in [4.78, 5) is 8.68. The van der Waals surface area contributed by atoms with Crippen LogP contribution in [0.1, 0.15) is 22.6 Å². The third-order valence-electron chi connectivity index (χ3n) is 4.05. The highest BCUT2D eigenvalue weighted by molar-refractivity contribution is 9.10. The van der Waals surface area contributed by atoms with E-state index in [0.29, 0.717) is 5.92 Å². The lowest BCUT2D eigenvalue weighted by Gasteiger charge is -2.27. The molecule has 102 valence electrons. The summed E-state index contributed by atoms with van der Waals surface area (Å²) in [5, 5.41) is 0. The maximum Gasteiger partial charge on any atom is 0.116 e. The SMILES string of the molecule is Brc1cccc(C2Cc3cncnc3-c3ccccc32)c1. The number of hydrogen-bond acceptors (Lipinski definition) is 2. The average molecular weight is 337 g/mol. The summed E-state index contributed by atoms with van der Waals surface area (Å²) >= 11 is 3.58. The van der Waals surface area contributed by atoms with Crippen molar-refractivity contribution < 1.29 is 0 Å². The molecule has 3 heteroatoms. The fourth-order valence-corrected chi connectivity index (χ4v) is 3.53. The lowest BCUT2D eigenvalue weighted by Crippen LogP contribution is -2.13. The van der Waals surface area contributed by atoms with E-state index in [1.165, 1.54) is 22.3 Å². The molecule has 1 aliphatic rings. The first-order chi connectivity index (χ1) is 10.3. The average Bonchev–Trinajstić information content (AvgIpc) is 2.54. The Hall–Kier alpha value is -2.00. The van der Waals surface area contributed by atoms with Gasteiger partial charge < -0.3 is 0 Å². The predicted molar refractivity (Wildman–Crippen MR) is 87.2 cm³/mol. The summed E-state index contributed by atoms with van der Waals surface area (Å²) in [6, 6.07) is 17.1. The van der Waals surface area contributed by atoms with E-state index in [-0.39, 0.29) is 0 Å². The molecule has 0 radical (unpaired) electrons. The van der Waals surface area contributed by atoms with Crippen molar-refractivity contribution in [3.8, 4) is 11.3 Å². The summed E-state index contributed by atoms with van der Waals surface area (Å²) in [6.07, 6.45) is 4.53. The number of hydrogen-bond donors (Lipinski definition) is 0. The van der Waals surface area contributed by atoms with E-state index in [2.05, 4.69) is 74.4 Å². The van der Waals surface area contributed by atoms with Crippen LogP contribution in [0.3, 0.4) is 0 Å². The Bertz CT molecular complexity index is 814. The number of aromatic nitrogens is 2. The van der Waals surface area contributed by atoms with Gasteiger partial charge in [-0.25, -0.2) is 9.97 Å². The number of nitrogens with zero attached hydrogens (tertiary/aromatic N) is 2. The maximum absolute atomic E-state index is 4.49. The Morgan fingerprint density at radius 3 is 2.86 bits per heavy atom. The summed E-state index contributed by atoms with van der Waals surface area (Å²) in [5.41, 5.74) is 6.20. The van der Waals surface area contributed by atoms with Crippen molar-refractivity contribution in [2.75, 3.05) is 0 Å². The Labute approximate surface area is 132 Å². The molecule has 0 spiro atoms. The van der Waals surface area contributed by atoms with E-state index >= 15 is 0 Å². The highest BCUT2D eigenvalue weighted by atomic mass is 79.9. The molecular weight excluding hydrogens is 324 g/mol. The van der Waals surface area contributed by atoms with E-state index in [1.807, 2.05) is 6.20 Å². The van der Waals surface area contributed by atoms with Gasteiger partial charge in [0.2, 0.25) is 0 Å². The molecule has 1 atom stereocenters. The predicted octanol–water partition coefficient (Wildman–Crippen LogP) is 4.59. The molecular formula is C18H13BrN2. The first-order valence-corrected chi connectivity index (χ1v) is 7.76. The van der Waals surface area contributed by atoms with Crippen molar-refractivity contribution in [2.24, 2.45) is 0 Å². The Morgan fingerprint density at radius 1 is 1.05 bits per heavy atom. The van der Waals surface area contributed by atoms with Crippen LogP contribution in [0.25, 0.3) is 11.3 Å². The van der Waals surface area contributed by atoms with Crippen LogP contribution in [-0.4, -0.2) is 9.97 Å². The van der Waals surface area contributed by atoms with Gasteiger partial charge >= 0.3 is 0 Å². The molecule has 1 unspecified atom stereocenters. The highest BCUT2D eigenvalue weighted by Gasteiger charge is 2.26. The second kappa shape index (κ2) is 5.08. The zero-order valence-electron chi connectivity index (χ0n) is 11.3. The summed E-state index contributed by atoms with van der Waals surface area (Å²) in [6.45, 7) is 0. The molecule has 0 saturated heterocycles. The molecule has 0 N–H and O–H groups in total. The van der Waals surface area contributed by atoms with Crippen molar-refractivity contribution in [3.63, 3.8) is 0 Å². The van der Waals surface area contributed by atoms with Gasteiger partial charge in [0.15, 0.2) is 0 Å². The van der Waals surface area contributed by atoms with Gasteiger partial charge in [-0.3, -0.25) is 0 Å². The molecule has 0 bridgehead atoms. The van der Waals surface area contributed by atoms with Crippen molar-refractivity contribution in [3.05, 3.63) is 82.2 Å². The van der Waals surface area contributed by atoms with E-state index in [0.717, 1.165) is 16.6 Å². The van der Waals surface area contributed by atoms with Crippen LogP contribution in [-0.2, 0) is 6.42 Å². The molecule has 0 amide bonds. The van der Waals surface area contributed by atoms with E-state index in [9.17, 15) is 0 Å². The number of benzene rings is 2. The number of rotatable bonds is 1. The molecule has 2 aromatic carbocycles. The molecule has 0 aliphatic heterocycles. The molecule has 1 heterocycles. The third-order valence-corrected chi connectivity index (χ3v) is 4.55. The minimum atomic E-state index is 0.359. The quantitative estimate of drug-likeness (QED) is 0.649. The van der Waals surface area contributed by atoms with Gasteiger partial charge in [0.05, 0.1) is 5.69 Å². The molecule has 21 heavy (non-hydrogen) atoms. The summed E-state index contributed by atoms with van der Waals surface area (Å²) in [7, 11) is 0. The molecule has 4 rings (SSSR count). The summed E-state index contributed by atoms with van der Waals surface area (Å²) in [5.74, 6) is 0.359. The first-order valence-electron chi connectivity index (χ1n) is 6.96. The molecule has 1 aliphatic carbocycles. The fraction of sp³-hybridized carbons (Fsp3) is 0.111. The lowest BCUT2D eigenvalue weighted by molar-refractivity contribution is 0.781. The monoisotopic (exact) mass is 336 g/mol. The third kappa shape index (κ3) is 2.18. The van der Waals surface area contributed by atoms with Crippen molar-refractivity contribution in [1.29, 1.82) is 0 Å². The normalized spacial score (nSPS) is 16.1. The summed E-state index contributed by atoms with van der Waals surface area (Å²) < 4.78 is 1.12. The van der Waals surface area contributed by atoms with Crippen molar-refractivity contribution >= 4 is 15.9 Å². The van der Waals surface area contributed by atoms with Gasteiger partial charge in [-0.2, -0.15) is 0 Å². The van der Waals surface area contributed by atoms with Crippen LogP contribution in [0.2, 0.25) is 0 Å². The zero-order chi connectivity index (χ0) is 14.2. The smallest absolute Gasteiger partial charge is 0.116 e. The van der Waals surface area contributed by atoms with Crippen LogP contribution in [0.15, 0.2) is 65.5 Å². The molecule has 2 nitrogen and oxygen atoms in total. The van der Waals surface area contributed by atoms with Crippen LogP contribution in [0.5, 0.6) is 0 Å².